The van der Waals surface area contributed by atoms with Gasteiger partial charge in [-0.15, -0.1) is 0 Å². The van der Waals surface area contributed by atoms with Gasteiger partial charge in [-0.2, -0.15) is 0 Å². The molecule has 4 aromatic rings. The number of rotatable bonds is 4. The van der Waals surface area contributed by atoms with E-state index in [4.69, 9.17) is 5.73 Å². The number of hydrogen-bond donors (Lipinski definition) is 2. The highest BCUT2D eigenvalue weighted by molar-refractivity contribution is 5.91. The number of hydrogen-bond acceptors (Lipinski definition) is 4. The molecule has 0 unspecified atom stereocenters. The molecule has 0 amide bonds. The second-order valence-corrected chi connectivity index (χ2v) is 7.44. The van der Waals surface area contributed by atoms with Crippen LogP contribution in [0.2, 0.25) is 0 Å². The summed E-state index contributed by atoms with van der Waals surface area (Å²) in [4.78, 5) is 13.7. The van der Waals surface area contributed by atoms with Gasteiger partial charge in [0.2, 0.25) is 0 Å². The van der Waals surface area contributed by atoms with Crippen molar-refractivity contribution in [1.29, 1.82) is 0 Å². The molecule has 5 nitrogen and oxygen atoms in total. The number of benzene rings is 2. The number of nitrogens with two attached hydrogens (primary N) is 1. The quantitative estimate of drug-likeness (QED) is 0.532. The first kappa shape index (κ1) is 18.6. The molecule has 3 heterocycles. The molecule has 0 bridgehead atoms. The van der Waals surface area contributed by atoms with E-state index in [1.54, 1.807) is 30.6 Å². The molecule has 1 aliphatic heterocycles. The fourth-order valence-electron chi connectivity index (χ4n) is 3.92. The van der Waals surface area contributed by atoms with Gasteiger partial charge in [-0.25, -0.2) is 18.2 Å². The Balaban J connectivity index is 1.72. The number of aromatic amines is 1. The highest BCUT2D eigenvalue weighted by Gasteiger charge is 2.31. The number of fused-ring (bicyclic) bond motifs is 1. The first-order valence-electron chi connectivity index (χ1n) is 9.58. The Morgan fingerprint density at radius 1 is 1.00 bits per heavy atom. The third kappa shape index (κ3) is 3.00. The number of pyridine rings is 1. The van der Waals surface area contributed by atoms with E-state index in [0.717, 1.165) is 11.8 Å². The van der Waals surface area contributed by atoms with Crippen molar-refractivity contribution in [2.75, 3.05) is 24.5 Å². The Morgan fingerprint density at radius 2 is 1.77 bits per heavy atom. The Bertz CT molecular complexity index is 1250. The van der Waals surface area contributed by atoms with Crippen LogP contribution in [0.5, 0.6) is 0 Å². The number of imidazole rings is 1. The maximum Gasteiger partial charge on any atom is 0.153 e. The molecular formula is C22H18F3N5. The molecule has 0 radical (unpaired) electrons. The zero-order valence-corrected chi connectivity index (χ0v) is 15.9. The first-order chi connectivity index (χ1) is 14.5. The van der Waals surface area contributed by atoms with E-state index in [2.05, 4.69) is 19.9 Å². The molecule has 1 saturated heterocycles. The number of nitrogens with zero attached hydrogens (tertiary/aromatic N) is 3. The van der Waals surface area contributed by atoms with Gasteiger partial charge in [-0.3, -0.25) is 4.98 Å². The van der Waals surface area contributed by atoms with Crippen molar-refractivity contribution in [2.24, 2.45) is 11.7 Å². The lowest BCUT2D eigenvalue weighted by Crippen LogP contribution is -2.50. The number of halogens is 3. The van der Waals surface area contributed by atoms with Crippen molar-refractivity contribution < 1.29 is 13.2 Å². The highest BCUT2D eigenvalue weighted by atomic mass is 19.1. The van der Waals surface area contributed by atoms with Crippen LogP contribution in [0.3, 0.4) is 0 Å². The van der Waals surface area contributed by atoms with Gasteiger partial charge < -0.3 is 15.6 Å². The maximum atomic E-state index is 14.6. The average Bonchev–Trinajstić information content (AvgIpc) is 3.12. The van der Waals surface area contributed by atoms with E-state index < -0.39 is 11.6 Å². The first-order valence-corrected chi connectivity index (χ1v) is 9.58. The monoisotopic (exact) mass is 409 g/mol. The standard InChI is InChI=1S/C22H18F3N5/c23-13-5-18(25)20-19(6-13)28-22(29-20)16-9-27-8-15(14-3-1-2-4-17(14)24)21(16)30-10-12(7-26)11-30/h1-6,8-9,12H,7,10-11,26H2,(H,28,29). The zero-order valence-electron chi connectivity index (χ0n) is 15.9. The predicted molar refractivity (Wildman–Crippen MR) is 109 cm³/mol. The predicted octanol–water partition coefficient (Wildman–Crippen LogP) is 4.10. The summed E-state index contributed by atoms with van der Waals surface area (Å²) in [5, 5.41) is 0. The van der Waals surface area contributed by atoms with Crippen LogP contribution in [-0.4, -0.2) is 34.6 Å². The van der Waals surface area contributed by atoms with E-state index in [-0.39, 0.29) is 16.9 Å². The van der Waals surface area contributed by atoms with Gasteiger partial charge in [-0.1, -0.05) is 18.2 Å². The second kappa shape index (κ2) is 7.14. The molecule has 1 aliphatic rings. The Hall–Kier alpha value is -3.39. The summed E-state index contributed by atoms with van der Waals surface area (Å²) in [7, 11) is 0. The van der Waals surface area contributed by atoms with Gasteiger partial charge in [-0.05, 0) is 18.7 Å². The lowest BCUT2D eigenvalue weighted by Gasteiger charge is -2.42. The van der Waals surface area contributed by atoms with Crippen LogP contribution in [0, 0.1) is 23.4 Å². The summed E-state index contributed by atoms with van der Waals surface area (Å²) in [6, 6.07) is 8.45. The van der Waals surface area contributed by atoms with E-state index in [1.807, 2.05) is 0 Å². The normalized spacial score (nSPS) is 14.3. The largest absolute Gasteiger partial charge is 0.370 e. The summed E-state index contributed by atoms with van der Waals surface area (Å²) in [6.07, 6.45) is 3.21. The Morgan fingerprint density at radius 3 is 2.53 bits per heavy atom. The molecule has 5 rings (SSSR count). The van der Waals surface area contributed by atoms with Crippen molar-refractivity contribution in [2.45, 2.75) is 0 Å². The maximum absolute atomic E-state index is 14.6. The molecule has 0 saturated carbocycles. The van der Waals surface area contributed by atoms with Gasteiger partial charge in [0, 0.05) is 48.6 Å². The van der Waals surface area contributed by atoms with Crippen molar-refractivity contribution in [1.82, 2.24) is 15.0 Å². The zero-order chi connectivity index (χ0) is 20.8. The molecule has 2 aromatic carbocycles. The summed E-state index contributed by atoms with van der Waals surface area (Å²) < 4.78 is 42.4. The van der Waals surface area contributed by atoms with E-state index in [9.17, 15) is 13.2 Å². The Kier molecular flexibility index (Phi) is 4.43. The molecule has 30 heavy (non-hydrogen) atoms. The lowest BCUT2D eigenvalue weighted by atomic mass is 9.94. The smallest absolute Gasteiger partial charge is 0.153 e. The van der Waals surface area contributed by atoms with E-state index in [1.165, 1.54) is 12.1 Å². The Labute approximate surface area is 170 Å². The van der Waals surface area contributed by atoms with Crippen LogP contribution >= 0.6 is 0 Å². The van der Waals surface area contributed by atoms with Gasteiger partial charge in [0.25, 0.3) is 0 Å². The second-order valence-electron chi connectivity index (χ2n) is 7.44. The van der Waals surface area contributed by atoms with Gasteiger partial charge in [0.15, 0.2) is 5.82 Å². The van der Waals surface area contributed by atoms with Crippen LogP contribution < -0.4 is 10.6 Å². The number of nitrogens with one attached hydrogen (secondary N) is 1. The third-order valence-corrected chi connectivity index (χ3v) is 5.45. The molecule has 0 atom stereocenters. The fourth-order valence-corrected chi connectivity index (χ4v) is 3.92. The van der Waals surface area contributed by atoms with Crippen molar-refractivity contribution in [3.05, 3.63) is 66.2 Å². The SMILES string of the molecule is NCC1CN(c2c(-c3nc4c(F)cc(F)cc4[nH]3)cncc2-c2ccccc2F)C1. The van der Waals surface area contributed by atoms with E-state index in [0.29, 0.717) is 48.1 Å². The van der Waals surface area contributed by atoms with E-state index >= 15 is 0 Å². The number of H-pyrrole nitrogens is 1. The van der Waals surface area contributed by atoms with Crippen LogP contribution in [0.4, 0.5) is 18.9 Å². The van der Waals surface area contributed by atoms with Crippen LogP contribution in [0.15, 0.2) is 48.8 Å². The van der Waals surface area contributed by atoms with Crippen molar-refractivity contribution >= 4 is 16.7 Å². The molecule has 2 aromatic heterocycles. The van der Waals surface area contributed by atoms with Crippen LogP contribution in [0.1, 0.15) is 0 Å². The van der Waals surface area contributed by atoms with Crippen LogP contribution in [-0.2, 0) is 0 Å². The lowest BCUT2D eigenvalue weighted by molar-refractivity contribution is 0.421. The number of aromatic nitrogens is 3. The molecule has 8 heteroatoms. The third-order valence-electron chi connectivity index (χ3n) is 5.45. The van der Waals surface area contributed by atoms with Crippen LogP contribution in [0.25, 0.3) is 33.5 Å². The number of anilines is 1. The van der Waals surface area contributed by atoms with Crippen molar-refractivity contribution in [3.63, 3.8) is 0 Å². The average molecular weight is 409 g/mol. The minimum absolute atomic E-state index is 0.0390. The molecular weight excluding hydrogens is 391 g/mol. The topological polar surface area (TPSA) is 70.8 Å². The van der Waals surface area contributed by atoms with Gasteiger partial charge >= 0.3 is 0 Å². The molecule has 152 valence electrons. The highest BCUT2D eigenvalue weighted by Crippen LogP contribution is 2.42. The summed E-state index contributed by atoms with van der Waals surface area (Å²) in [6.45, 7) is 1.97. The minimum Gasteiger partial charge on any atom is -0.370 e. The molecule has 1 fully saturated rings. The fraction of sp³-hybridized carbons (Fsp3) is 0.182. The molecule has 3 N–H and O–H groups in total. The van der Waals surface area contributed by atoms with Gasteiger partial charge in [0.1, 0.15) is 23.0 Å². The molecule has 0 spiro atoms. The molecule has 0 aliphatic carbocycles. The van der Waals surface area contributed by atoms with Crippen molar-refractivity contribution in [3.8, 4) is 22.5 Å². The van der Waals surface area contributed by atoms with Gasteiger partial charge in [0.05, 0.1) is 16.8 Å². The summed E-state index contributed by atoms with van der Waals surface area (Å²) in [5.74, 6) is -1.14. The minimum atomic E-state index is -0.751. The summed E-state index contributed by atoms with van der Waals surface area (Å²) in [5.41, 5.74) is 8.40. The summed E-state index contributed by atoms with van der Waals surface area (Å²) >= 11 is 0.